The Hall–Kier alpha value is -2.13. The molecule has 0 saturated carbocycles. The van der Waals surface area contributed by atoms with Gasteiger partial charge in [-0.2, -0.15) is 17.5 Å². The molecule has 0 amide bonds. The molecular weight excluding hydrogens is 348 g/mol. The Bertz CT molecular complexity index is 808. The first kappa shape index (κ1) is 18.2. The third-order valence-electron chi connectivity index (χ3n) is 3.15. The van der Waals surface area contributed by atoms with Crippen molar-refractivity contribution in [2.24, 2.45) is 0 Å². The maximum atomic E-state index is 13.1. The van der Waals surface area contributed by atoms with Crippen molar-refractivity contribution in [2.45, 2.75) is 17.6 Å². The molecule has 0 heterocycles. The molecule has 0 aliphatic rings. The predicted molar refractivity (Wildman–Crippen MR) is 80.9 cm³/mol. The lowest BCUT2D eigenvalue weighted by molar-refractivity contribution is -0.136. The van der Waals surface area contributed by atoms with Crippen LogP contribution in [-0.2, 0) is 16.6 Å². The Morgan fingerprint density at radius 1 is 1.04 bits per heavy atom. The number of hydrogen-bond donors (Lipinski definition) is 1. The van der Waals surface area contributed by atoms with Crippen LogP contribution in [0.15, 0.2) is 53.4 Å². The highest BCUT2D eigenvalue weighted by Gasteiger charge is 2.37. The second-order valence-corrected chi connectivity index (χ2v) is 6.96. The van der Waals surface area contributed by atoms with E-state index in [1.54, 1.807) is 18.2 Å². The van der Waals surface area contributed by atoms with E-state index in [0.29, 0.717) is 5.56 Å². The molecule has 0 aromatic heterocycles. The summed E-state index contributed by atoms with van der Waals surface area (Å²) in [5.41, 5.74) is 5.41. The van der Waals surface area contributed by atoms with E-state index in [1.807, 2.05) is 0 Å². The van der Waals surface area contributed by atoms with Crippen molar-refractivity contribution < 1.29 is 26.0 Å². The number of anilines is 1. The van der Waals surface area contributed by atoms with Gasteiger partial charge in [0.15, 0.2) is 0 Å². The van der Waals surface area contributed by atoms with E-state index < -0.39 is 45.7 Å². The van der Waals surface area contributed by atoms with Gasteiger partial charge >= 0.3 is 6.18 Å². The third-order valence-corrected chi connectivity index (χ3v) is 5.01. The fourth-order valence-electron chi connectivity index (χ4n) is 2.11. The molecule has 2 aromatic rings. The summed E-state index contributed by atoms with van der Waals surface area (Å²) in [6, 6.07) is 10.3. The fourth-order valence-corrected chi connectivity index (χ4v) is 3.62. The van der Waals surface area contributed by atoms with E-state index in [9.17, 15) is 26.0 Å². The van der Waals surface area contributed by atoms with Crippen molar-refractivity contribution in [1.82, 2.24) is 4.31 Å². The van der Waals surface area contributed by atoms with E-state index in [1.165, 1.54) is 12.1 Å². The number of nitrogen functional groups attached to an aromatic ring is 1. The summed E-state index contributed by atoms with van der Waals surface area (Å²) in [6.45, 7) is -2.17. The Morgan fingerprint density at radius 2 is 1.67 bits per heavy atom. The molecule has 130 valence electrons. The summed E-state index contributed by atoms with van der Waals surface area (Å²) in [4.78, 5) is -0.566. The summed E-state index contributed by atoms with van der Waals surface area (Å²) >= 11 is 0. The molecule has 24 heavy (non-hydrogen) atoms. The lowest BCUT2D eigenvalue weighted by Gasteiger charge is -2.24. The average Bonchev–Trinajstić information content (AvgIpc) is 2.46. The second kappa shape index (κ2) is 6.78. The van der Waals surface area contributed by atoms with Crippen LogP contribution in [0, 0.1) is 5.82 Å². The standard InChI is InChI=1S/C15H14F4N2O2S/c16-12-6-7-14(13(20)8-12)24(22,23)21(10-15(17,18)19)9-11-4-2-1-3-5-11/h1-8H,9-10,20H2. The van der Waals surface area contributed by atoms with Crippen molar-refractivity contribution in [3.63, 3.8) is 0 Å². The SMILES string of the molecule is Nc1cc(F)ccc1S(=O)(=O)N(Cc1ccccc1)CC(F)(F)F. The Kier molecular flexibility index (Phi) is 5.14. The molecule has 0 aliphatic heterocycles. The summed E-state index contributed by atoms with van der Waals surface area (Å²) in [5, 5.41) is 0. The van der Waals surface area contributed by atoms with Gasteiger partial charge < -0.3 is 5.73 Å². The first-order valence-electron chi connectivity index (χ1n) is 6.75. The smallest absolute Gasteiger partial charge is 0.398 e. The zero-order valence-corrected chi connectivity index (χ0v) is 13.1. The summed E-state index contributed by atoms with van der Waals surface area (Å²) in [5.74, 6) is -0.781. The molecule has 0 fully saturated rings. The van der Waals surface area contributed by atoms with Gasteiger partial charge in [-0.15, -0.1) is 0 Å². The van der Waals surface area contributed by atoms with E-state index >= 15 is 0 Å². The first-order valence-corrected chi connectivity index (χ1v) is 8.19. The minimum atomic E-state index is -4.74. The van der Waals surface area contributed by atoms with Crippen molar-refractivity contribution in [3.8, 4) is 0 Å². The number of rotatable bonds is 5. The molecule has 9 heteroatoms. The first-order chi connectivity index (χ1) is 11.1. The quantitative estimate of drug-likeness (QED) is 0.656. The molecule has 2 rings (SSSR count). The highest BCUT2D eigenvalue weighted by molar-refractivity contribution is 7.89. The zero-order valence-electron chi connectivity index (χ0n) is 12.3. The number of nitrogens with zero attached hydrogens (tertiary/aromatic N) is 1. The summed E-state index contributed by atoms with van der Waals surface area (Å²) < 4.78 is 77.0. The van der Waals surface area contributed by atoms with Gasteiger partial charge in [0.2, 0.25) is 10.0 Å². The maximum absolute atomic E-state index is 13.1. The molecule has 0 bridgehead atoms. The Labute approximate surface area is 136 Å². The highest BCUT2D eigenvalue weighted by atomic mass is 32.2. The Balaban J connectivity index is 2.44. The minimum Gasteiger partial charge on any atom is -0.398 e. The van der Waals surface area contributed by atoms with Crippen molar-refractivity contribution >= 4 is 15.7 Å². The van der Waals surface area contributed by atoms with Gasteiger partial charge in [-0.1, -0.05) is 30.3 Å². The molecule has 0 unspecified atom stereocenters. The number of alkyl halides is 3. The van der Waals surface area contributed by atoms with Crippen LogP contribution in [0.1, 0.15) is 5.56 Å². The molecular formula is C15H14F4N2O2S. The van der Waals surface area contributed by atoms with Crippen LogP contribution in [0.2, 0.25) is 0 Å². The van der Waals surface area contributed by atoms with E-state index in [4.69, 9.17) is 5.73 Å². The molecule has 0 radical (unpaired) electrons. The van der Waals surface area contributed by atoms with Gasteiger partial charge in [0.1, 0.15) is 17.3 Å². The number of nitrogens with two attached hydrogens (primary N) is 1. The molecule has 2 N–H and O–H groups in total. The number of halogens is 4. The van der Waals surface area contributed by atoms with E-state index in [2.05, 4.69) is 0 Å². The molecule has 0 aliphatic carbocycles. The lowest BCUT2D eigenvalue weighted by atomic mass is 10.2. The van der Waals surface area contributed by atoms with Crippen molar-refractivity contribution in [1.29, 1.82) is 0 Å². The van der Waals surface area contributed by atoms with Crippen LogP contribution >= 0.6 is 0 Å². The van der Waals surface area contributed by atoms with Gasteiger partial charge in [0.05, 0.1) is 5.69 Å². The number of hydrogen-bond acceptors (Lipinski definition) is 3. The van der Waals surface area contributed by atoms with Gasteiger partial charge in [-0.05, 0) is 23.8 Å². The molecule has 0 saturated heterocycles. The zero-order chi connectivity index (χ0) is 18.0. The van der Waals surface area contributed by atoms with E-state index in [-0.39, 0.29) is 4.31 Å². The number of benzene rings is 2. The number of sulfonamides is 1. The van der Waals surface area contributed by atoms with Crippen molar-refractivity contribution in [2.75, 3.05) is 12.3 Å². The maximum Gasteiger partial charge on any atom is 0.402 e. The van der Waals surface area contributed by atoms with Gasteiger partial charge in [0, 0.05) is 6.54 Å². The Morgan fingerprint density at radius 3 is 2.21 bits per heavy atom. The molecule has 0 spiro atoms. The van der Waals surface area contributed by atoms with Crippen LogP contribution in [0.25, 0.3) is 0 Å². The second-order valence-electron chi connectivity index (χ2n) is 5.06. The monoisotopic (exact) mass is 362 g/mol. The van der Waals surface area contributed by atoms with Crippen LogP contribution in [0.5, 0.6) is 0 Å². The summed E-state index contributed by atoms with van der Waals surface area (Å²) in [6.07, 6.45) is -4.74. The normalized spacial score (nSPS) is 12.5. The molecule has 2 aromatic carbocycles. The summed E-state index contributed by atoms with van der Waals surface area (Å²) in [7, 11) is -4.56. The third kappa shape index (κ3) is 4.45. The predicted octanol–water partition coefficient (Wildman–Crippen LogP) is 3.16. The lowest BCUT2D eigenvalue weighted by Crippen LogP contribution is -2.38. The molecule has 4 nitrogen and oxygen atoms in total. The van der Waals surface area contributed by atoms with Gasteiger partial charge in [0.25, 0.3) is 0 Å². The van der Waals surface area contributed by atoms with Gasteiger partial charge in [-0.25, -0.2) is 12.8 Å². The van der Waals surface area contributed by atoms with E-state index in [0.717, 1.165) is 18.2 Å². The average molecular weight is 362 g/mol. The van der Waals surface area contributed by atoms with Gasteiger partial charge in [-0.3, -0.25) is 0 Å². The van der Waals surface area contributed by atoms with Crippen LogP contribution < -0.4 is 5.73 Å². The fraction of sp³-hybridized carbons (Fsp3) is 0.200. The minimum absolute atomic E-state index is 0.270. The van der Waals surface area contributed by atoms with Crippen LogP contribution in [-0.4, -0.2) is 25.4 Å². The largest absolute Gasteiger partial charge is 0.402 e. The topological polar surface area (TPSA) is 63.4 Å². The van der Waals surface area contributed by atoms with Crippen LogP contribution in [0.4, 0.5) is 23.2 Å². The van der Waals surface area contributed by atoms with Crippen LogP contribution in [0.3, 0.4) is 0 Å². The highest BCUT2D eigenvalue weighted by Crippen LogP contribution is 2.28. The van der Waals surface area contributed by atoms with Crippen molar-refractivity contribution in [3.05, 3.63) is 59.9 Å². The molecule has 0 atom stereocenters.